The van der Waals surface area contributed by atoms with E-state index in [9.17, 15) is 13.5 Å². The van der Waals surface area contributed by atoms with Gasteiger partial charge in [0.05, 0.1) is 23.3 Å². The number of aliphatic hydroxyl groups excluding tert-OH is 1. The van der Waals surface area contributed by atoms with E-state index in [-0.39, 0.29) is 11.5 Å². The van der Waals surface area contributed by atoms with Crippen molar-refractivity contribution in [2.45, 2.75) is 24.3 Å². The summed E-state index contributed by atoms with van der Waals surface area (Å²) < 4.78 is 26.6. The third kappa shape index (κ3) is 3.00. The highest BCUT2D eigenvalue weighted by molar-refractivity contribution is 7.89. The molecule has 0 saturated heterocycles. The Balaban J connectivity index is 1.99. The van der Waals surface area contributed by atoms with Crippen LogP contribution < -0.4 is 0 Å². The monoisotopic (exact) mass is 330 g/mol. The molecule has 3 rings (SSSR count). The number of aliphatic hydroxyl groups is 1. The maximum atomic E-state index is 12.8. The van der Waals surface area contributed by atoms with E-state index in [4.69, 9.17) is 0 Å². The maximum Gasteiger partial charge on any atom is 0.279 e. The van der Waals surface area contributed by atoms with E-state index in [1.54, 1.807) is 24.3 Å². The summed E-state index contributed by atoms with van der Waals surface area (Å²) in [6.45, 7) is 1.62. The molecule has 2 aromatic rings. The quantitative estimate of drug-likeness (QED) is 0.934. The average Bonchev–Trinajstić information content (AvgIpc) is 3.01. The first-order valence-electron chi connectivity index (χ1n) is 7.37. The van der Waals surface area contributed by atoms with Gasteiger partial charge in [0.15, 0.2) is 0 Å². The van der Waals surface area contributed by atoms with Crippen molar-refractivity contribution in [3.8, 4) is 0 Å². The van der Waals surface area contributed by atoms with Crippen LogP contribution in [-0.4, -0.2) is 36.3 Å². The van der Waals surface area contributed by atoms with Gasteiger partial charge in [0.2, 0.25) is 0 Å². The molecule has 1 atom stereocenters. The molecule has 0 aromatic heterocycles. The van der Waals surface area contributed by atoms with Gasteiger partial charge in [-0.05, 0) is 24.6 Å². The van der Waals surface area contributed by atoms with Crippen LogP contribution in [0.2, 0.25) is 0 Å². The van der Waals surface area contributed by atoms with Crippen LogP contribution in [0.1, 0.15) is 17.5 Å². The largest absolute Gasteiger partial charge is 0.394 e. The lowest BCUT2D eigenvalue weighted by atomic mass is 10.1. The van der Waals surface area contributed by atoms with Crippen LogP contribution in [0.15, 0.2) is 64.6 Å². The smallest absolute Gasteiger partial charge is 0.279 e. The first-order valence-corrected chi connectivity index (χ1v) is 8.81. The molecule has 1 unspecified atom stereocenters. The Bertz CT molecular complexity index is 815. The highest BCUT2D eigenvalue weighted by Crippen LogP contribution is 2.27. The molecule has 1 N–H and O–H groups in total. The predicted octanol–water partition coefficient (Wildman–Crippen LogP) is 2.15. The lowest BCUT2D eigenvalue weighted by Crippen LogP contribution is -2.35. The SMILES string of the molecule is Cc1ccc(S(=O)(=O)N2N=C(c3ccccc3)CC2CO)cc1. The van der Waals surface area contributed by atoms with Crippen LogP contribution in [0.25, 0.3) is 0 Å². The molecule has 1 aliphatic rings. The van der Waals surface area contributed by atoms with E-state index < -0.39 is 16.1 Å². The van der Waals surface area contributed by atoms with Gasteiger partial charge in [0.1, 0.15) is 0 Å². The number of benzene rings is 2. The number of hydrazone groups is 1. The lowest BCUT2D eigenvalue weighted by Gasteiger charge is -2.21. The Hall–Kier alpha value is -2.18. The van der Waals surface area contributed by atoms with Crippen LogP contribution >= 0.6 is 0 Å². The molecule has 0 saturated carbocycles. The second-order valence-corrected chi connectivity index (χ2v) is 7.34. The predicted molar refractivity (Wildman–Crippen MR) is 88.7 cm³/mol. The van der Waals surface area contributed by atoms with Crippen LogP contribution in [0, 0.1) is 6.92 Å². The fraction of sp³-hybridized carbons (Fsp3) is 0.235. The molecule has 23 heavy (non-hydrogen) atoms. The molecule has 0 aliphatic carbocycles. The zero-order valence-electron chi connectivity index (χ0n) is 12.8. The zero-order valence-corrected chi connectivity index (χ0v) is 13.6. The van der Waals surface area contributed by atoms with Crippen molar-refractivity contribution in [3.05, 3.63) is 65.7 Å². The van der Waals surface area contributed by atoms with Gasteiger partial charge in [-0.25, -0.2) is 0 Å². The topological polar surface area (TPSA) is 70.0 Å². The molecular weight excluding hydrogens is 312 g/mol. The summed E-state index contributed by atoms with van der Waals surface area (Å²) >= 11 is 0. The van der Waals surface area contributed by atoms with Gasteiger partial charge in [0, 0.05) is 6.42 Å². The number of hydrogen-bond acceptors (Lipinski definition) is 4. The summed E-state index contributed by atoms with van der Waals surface area (Å²) in [6, 6.07) is 15.5. The van der Waals surface area contributed by atoms with Crippen molar-refractivity contribution in [2.75, 3.05) is 6.61 Å². The van der Waals surface area contributed by atoms with E-state index in [2.05, 4.69) is 5.10 Å². The molecule has 0 fully saturated rings. The maximum absolute atomic E-state index is 12.8. The fourth-order valence-corrected chi connectivity index (χ4v) is 3.99. The summed E-state index contributed by atoms with van der Waals surface area (Å²) in [5.74, 6) is 0. The van der Waals surface area contributed by atoms with Crippen molar-refractivity contribution >= 4 is 15.7 Å². The van der Waals surface area contributed by atoms with Gasteiger partial charge < -0.3 is 5.11 Å². The van der Waals surface area contributed by atoms with Crippen molar-refractivity contribution in [1.82, 2.24) is 4.41 Å². The Morgan fingerprint density at radius 2 is 1.78 bits per heavy atom. The van der Waals surface area contributed by atoms with Gasteiger partial charge in [0.25, 0.3) is 10.0 Å². The average molecular weight is 330 g/mol. The summed E-state index contributed by atoms with van der Waals surface area (Å²) in [5.41, 5.74) is 2.52. The molecule has 0 bridgehead atoms. The molecule has 1 aliphatic heterocycles. The Morgan fingerprint density at radius 1 is 1.13 bits per heavy atom. The molecule has 5 nitrogen and oxygen atoms in total. The number of hydrogen-bond donors (Lipinski definition) is 1. The minimum Gasteiger partial charge on any atom is -0.394 e. The number of aryl methyl sites for hydroxylation is 1. The summed E-state index contributed by atoms with van der Waals surface area (Å²) in [5, 5.41) is 13.9. The van der Waals surface area contributed by atoms with E-state index in [1.807, 2.05) is 37.3 Å². The molecule has 0 amide bonds. The molecular formula is C17H18N2O3S. The summed E-state index contributed by atoms with van der Waals surface area (Å²) in [6.07, 6.45) is 0.394. The van der Waals surface area contributed by atoms with Crippen molar-refractivity contribution in [1.29, 1.82) is 0 Å². The molecule has 120 valence electrons. The van der Waals surface area contributed by atoms with Gasteiger partial charge in [-0.15, -0.1) is 0 Å². The van der Waals surface area contributed by atoms with E-state index >= 15 is 0 Å². The van der Waals surface area contributed by atoms with E-state index in [1.165, 1.54) is 0 Å². The third-order valence-electron chi connectivity index (χ3n) is 3.84. The van der Waals surface area contributed by atoms with Gasteiger partial charge in [-0.1, -0.05) is 48.0 Å². The third-order valence-corrected chi connectivity index (χ3v) is 5.58. The Morgan fingerprint density at radius 3 is 2.39 bits per heavy atom. The standard InChI is InChI=1S/C17H18N2O3S/c1-13-7-9-16(10-8-13)23(21,22)19-15(12-20)11-17(18-19)14-5-3-2-4-6-14/h2-10,15,20H,11-12H2,1H3. The molecule has 0 spiro atoms. The molecule has 2 aromatic carbocycles. The second-order valence-electron chi connectivity index (χ2n) is 5.54. The zero-order chi connectivity index (χ0) is 16.4. The first kappa shape index (κ1) is 15.7. The van der Waals surface area contributed by atoms with Gasteiger partial charge >= 0.3 is 0 Å². The normalized spacial score (nSPS) is 18.1. The van der Waals surface area contributed by atoms with Crippen molar-refractivity contribution in [3.63, 3.8) is 0 Å². The minimum atomic E-state index is -3.77. The van der Waals surface area contributed by atoms with Crippen molar-refractivity contribution < 1.29 is 13.5 Å². The Kier molecular flexibility index (Phi) is 4.19. The van der Waals surface area contributed by atoms with Crippen LogP contribution in [0.3, 0.4) is 0 Å². The van der Waals surface area contributed by atoms with Crippen molar-refractivity contribution in [2.24, 2.45) is 5.10 Å². The first-order chi connectivity index (χ1) is 11.0. The van der Waals surface area contributed by atoms with Crippen LogP contribution in [0.4, 0.5) is 0 Å². The van der Waals surface area contributed by atoms with Crippen LogP contribution in [0.5, 0.6) is 0 Å². The van der Waals surface area contributed by atoms with Gasteiger partial charge in [-0.2, -0.15) is 17.9 Å². The second kappa shape index (κ2) is 6.14. The lowest BCUT2D eigenvalue weighted by molar-refractivity contribution is 0.205. The minimum absolute atomic E-state index is 0.180. The summed E-state index contributed by atoms with van der Waals surface area (Å²) in [7, 11) is -3.77. The number of rotatable bonds is 4. The number of sulfonamides is 1. The highest BCUT2D eigenvalue weighted by atomic mass is 32.2. The fourth-order valence-electron chi connectivity index (χ4n) is 2.55. The molecule has 1 heterocycles. The number of nitrogens with zero attached hydrogens (tertiary/aromatic N) is 2. The Labute approximate surface area is 135 Å². The highest BCUT2D eigenvalue weighted by Gasteiger charge is 2.36. The molecule has 0 radical (unpaired) electrons. The van der Waals surface area contributed by atoms with E-state index in [0.717, 1.165) is 15.5 Å². The molecule has 6 heteroatoms. The van der Waals surface area contributed by atoms with Gasteiger partial charge in [-0.3, -0.25) is 0 Å². The summed E-state index contributed by atoms with van der Waals surface area (Å²) in [4.78, 5) is 0.180. The van der Waals surface area contributed by atoms with Crippen LogP contribution in [-0.2, 0) is 10.0 Å². The van der Waals surface area contributed by atoms with E-state index in [0.29, 0.717) is 12.1 Å².